The van der Waals surface area contributed by atoms with Crippen LogP contribution in [0.1, 0.15) is 44.1 Å². The normalized spacial score (nSPS) is 13.1. The predicted octanol–water partition coefficient (Wildman–Crippen LogP) is 1.55. The molecule has 1 aromatic heterocycles. The van der Waals surface area contributed by atoms with Gasteiger partial charge in [0.15, 0.2) is 5.69 Å². The first kappa shape index (κ1) is 14.6. The summed E-state index contributed by atoms with van der Waals surface area (Å²) in [5.74, 6) is -1.53. The third-order valence-electron chi connectivity index (χ3n) is 2.38. The van der Waals surface area contributed by atoms with E-state index >= 15 is 0 Å². The third-order valence-corrected chi connectivity index (χ3v) is 2.86. The van der Waals surface area contributed by atoms with Crippen LogP contribution in [0.15, 0.2) is 6.20 Å². The van der Waals surface area contributed by atoms with Crippen LogP contribution in [0, 0.1) is 5.41 Å². The van der Waals surface area contributed by atoms with Crippen LogP contribution in [0.2, 0.25) is 0 Å². The van der Waals surface area contributed by atoms with Gasteiger partial charge in [0.05, 0.1) is 17.9 Å². The Kier molecular flexibility index (Phi) is 4.77. The molecule has 0 aliphatic heterocycles. The van der Waals surface area contributed by atoms with Gasteiger partial charge in [0.25, 0.3) is 5.91 Å². The number of amides is 1. The SMILES string of the molecule is CC(C)(C)CCC(NC(=O)c1cnsn1)C(=O)O. The van der Waals surface area contributed by atoms with Crippen LogP contribution in [-0.4, -0.2) is 31.8 Å². The second-order valence-electron chi connectivity index (χ2n) is 5.26. The molecule has 2 N–H and O–H groups in total. The highest BCUT2D eigenvalue weighted by molar-refractivity contribution is 6.99. The number of carbonyl (C=O) groups is 2. The summed E-state index contributed by atoms with van der Waals surface area (Å²) in [6.07, 6.45) is 2.42. The van der Waals surface area contributed by atoms with Gasteiger partial charge in [0, 0.05) is 0 Å². The number of nitrogens with zero attached hydrogens (tertiary/aromatic N) is 2. The van der Waals surface area contributed by atoms with Crippen molar-refractivity contribution in [2.24, 2.45) is 5.41 Å². The van der Waals surface area contributed by atoms with Crippen LogP contribution in [0.25, 0.3) is 0 Å². The van der Waals surface area contributed by atoms with Crippen molar-refractivity contribution in [3.05, 3.63) is 11.9 Å². The molecule has 0 aliphatic carbocycles. The van der Waals surface area contributed by atoms with Crippen molar-refractivity contribution < 1.29 is 14.7 Å². The van der Waals surface area contributed by atoms with E-state index in [1.54, 1.807) is 0 Å². The fraction of sp³-hybridized carbons (Fsp3) is 0.636. The lowest BCUT2D eigenvalue weighted by atomic mass is 9.88. The summed E-state index contributed by atoms with van der Waals surface area (Å²) < 4.78 is 7.47. The van der Waals surface area contributed by atoms with Gasteiger partial charge in [-0.25, -0.2) is 4.79 Å². The third kappa shape index (κ3) is 4.79. The van der Waals surface area contributed by atoms with E-state index in [2.05, 4.69) is 14.1 Å². The van der Waals surface area contributed by atoms with Gasteiger partial charge in [-0.05, 0) is 18.3 Å². The van der Waals surface area contributed by atoms with Gasteiger partial charge in [-0.3, -0.25) is 4.79 Å². The smallest absolute Gasteiger partial charge is 0.326 e. The monoisotopic (exact) mass is 271 g/mol. The first-order valence-electron chi connectivity index (χ1n) is 5.61. The summed E-state index contributed by atoms with van der Waals surface area (Å²) in [7, 11) is 0. The average molecular weight is 271 g/mol. The molecule has 0 saturated carbocycles. The lowest BCUT2D eigenvalue weighted by Gasteiger charge is -2.21. The van der Waals surface area contributed by atoms with Crippen LogP contribution in [0.3, 0.4) is 0 Å². The number of carboxylic acids is 1. The molecule has 1 heterocycles. The second kappa shape index (κ2) is 5.90. The highest BCUT2D eigenvalue weighted by Crippen LogP contribution is 2.21. The van der Waals surface area contributed by atoms with E-state index in [1.165, 1.54) is 6.20 Å². The number of hydrogen-bond donors (Lipinski definition) is 2. The molecule has 18 heavy (non-hydrogen) atoms. The van der Waals surface area contributed by atoms with E-state index < -0.39 is 17.9 Å². The minimum absolute atomic E-state index is 0.0284. The van der Waals surface area contributed by atoms with Gasteiger partial charge in [0.1, 0.15) is 6.04 Å². The van der Waals surface area contributed by atoms with Crippen LogP contribution in [-0.2, 0) is 4.79 Å². The molecule has 0 radical (unpaired) electrons. The molecule has 1 aromatic rings. The van der Waals surface area contributed by atoms with E-state index in [0.29, 0.717) is 12.8 Å². The van der Waals surface area contributed by atoms with Gasteiger partial charge < -0.3 is 10.4 Å². The zero-order valence-electron chi connectivity index (χ0n) is 10.6. The molecular formula is C11H17N3O3S. The molecule has 1 rings (SSSR count). The minimum atomic E-state index is -1.03. The Labute approximate surface area is 110 Å². The van der Waals surface area contributed by atoms with E-state index in [1.807, 2.05) is 20.8 Å². The minimum Gasteiger partial charge on any atom is -0.480 e. The molecule has 1 amide bonds. The van der Waals surface area contributed by atoms with Gasteiger partial charge in [-0.1, -0.05) is 20.8 Å². The van der Waals surface area contributed by atoms with Crippen molar-refractivity contribution >= 4 is 23.6 Å². The maximum atomic E-state index is 11.7. The molecule has 6 nitrogen and oxygen atoms in total. The number of carbonyl (C=O) groups excluding carboxylic acids is 1. The van der Waals surface area contributed by atoms with Gasteiger partial charge in [-0.2, -0.15) is 8.75 Å². The predicted molar refractivity (Wildman–Crippen MR) is 67.5 cm³/mol. The summed E-state index contributed by atoms with van der Waals surface area (Å²) in [6, 6.07) is -0.890. The van der Waals surface area contributed by atoms with E-state index in [9.17, 15) is 9.59 Å². The maximum Gasteiger partial charge on any atom is 0.326 e. The number of hydrogen-bond acceptors (Lipinski definition) is 5. The Morgan fingerprint density at radius 3 is 2.61 bits per heavy atom. The highest BCUT2D eigenvalue weighted by Gasteiger charge is 2.23. The largest absolute Gasteiger partial charge is 0.480 e. The molecule has 1 unspecified atom stereocenters. The van der Waals surface area contributed by atoms with Gasteiger partial charge in [0.2, 0.25) is 0 Å². The number of rotatable bonds is 5. The van der Waals surface area contributed by atoms with Crippen molar-refractivity contribution in [3.8, 4) is 0 Å². The second-order valence-corrected chi connectivity index (χ2v) is 5.81. The van der Waals surface area contributed by atoms with Crippen molar-refractivity contribution in [2.45, 2.75) is 39.7 Å². The fourth-order valence-corrected chi connectivity index (χ4v) is 1.74. The molecule has 0 fully saturated rings. The molecule has 0 aliphatic rings. The van der Waals surface area contributed by atoms with Crippen molar-refractivity contribution in [3.63, 3.8) is 0 Å². The van der Waals surface area contributed by atoms with Crippen LogP contribution < -0.4 is 5.32 Å². The van der Waals surface area contributed by atoms with E-state index in [-0.39, 0.29) is 11.1 Å². The number of aliphatic carboxylic acids is 1. The van der Waals surface area contributed by atoms with E-state index in [4.69, 9.17) is 5.11 Å². The summed E-state index contributed by atoms with van der Waals surface area (Å²) in [5, 5.41) is 11.5. The van der Waals surface area contributed by atoms with Crippen molar-refractivity contribution in [2.75, 3.05) is 0 Å². The standard InChI is InChI=1S/C11H17N3O3S/c1-11(2,3)5-4-7(10(16)17)13-9(15)8-6-12-18-14-8/h6-7H,4-5H2,1-3H3,(H,13,15)(H,16,17). The molecule has 0 saturated heterocycles. The van der Waals surface area contributed by atoms with Gasteiger partial charge >= 0.3 is 5.97 Å². The average Bonchev–Trinajstić information content (AvgIpc) is 2.75. The summed E-state index contributed by atoms with van der Waals surface area (Å²) in [5.41, 5.74) is 0.183. The molecule has 100 valence electrons. The molecular weight excluding hydrogens is 254 g/mol. The number of aromatic nitrogens is 2. The lowest BCUT2D eigenvalue weighted by molar-refractivity contribution is -0.139. The molecule has 7 heteroatoms. The maximum absolute atomic E-state index is 11.7. The van der Waals surface area contributed by atoms with Crippen LogP contribution >= 0.6 is 11.7 Å². The lowest BCUT2D eigenvalue weighted by Crippen LogP contribution is -2.41. The van der Waals surface area contributed by atoms with Crippen molar-refractivity contribution in [1.29, 1.82) is 0 Å². The molecule has 0 spiro atoms. The molecule has 0 aromatic carbocycles. The molecule has 0 bridgehead atoms. The Hall–Kier alpha value is -1.50. The zero-order valence-corrected chi connectivity index (χ0v) is 11.5. The highest BCUT2D eigenvalue weighted by atomic mass is 32.1. The van der Waals surface area contributed by atoms with Gasteiger partial charge in [-0.15, -0.1) is 0 Å². The molecule has 1 atom stereocenters. The van der Waals surface area contributed by atoms with Crippen LogP contribution in [0.5, 0.6) is 0 Å². The van der Waals surface area contributed by atoms with E-state index in [0.717, 1.165) is 11.7 Å². The van der Waals surface area contributed by atoms with Crippen LogP contribution in [0.4, 0.5) is 0 Å². The summed E-state index contributed by atoms with van der Waals surface area (Å²) in [4.78, 5) is 22.7. The first-order chi connectivity index (χ1) is 8.29. The zero-order chi connectivity index (χ0) is 13.8. The Bertz CT molecular complexity index is 412. The fourth-order valence-electron chi connectivity index (χ4n) is 1.33. The number of carboxylic acid groups (broad SMARTS) is 1. The van der Waals surface area contributed by atoms with Crippen molar-refractivity contribution in [1.82, 2.24) is 14.1 Å². The summed E-state index contributed by atoms with van der Waals surface area (Å²) >= 11 is 0.913. The topological polar surface area (TPSA) is 92.2 Å². The Morgan fingerprint density at radius 2 is 2.17 bits per heavy atom. The first-order valence-corrected chi connectivity index (χ1v) is 6.34. The quantitative estimate of drug-likeness (QED) is 0.847. The Morgan fingerprint density at radius 1 is 1.50 bits per heavy atom. The number of nitrogens with one attached hydrogen (secondary N) is 1. The summed E-state index contributed by atoms with van der Waals surface area (Å²) in [6.45, 7) is 6.08. The Balaban J connectivity index is 2.58.